The Balaban J connectivity index is 1.92. The van der Waals surface area contributed by atoms with Gasteiger partial charge in [0.2, 0.25) is 5.91 Å². The number of pyridine rings is 1. The Bertz CT molecular complexity index is 869. The molecule has 3 aromatic rings. The van der Waals surface area contributed by atoms with Crippen molar-refractivity contribution in [3.05, 3.63) is 77.2 Å². The van der Waals surface area contributed by atoms with Gasteiger partial charge in [-0.3, -0.25) is 9.59 Å². The van der Waals surface area contributed by atoms with Crippen LogP contribution in [0, 0.1) is 0 Å². The minimum absolute atomic E-state index is 0.159. The lowest BCUT2D eigenvalue weighted by Crippen LogP contribution is -2.31. The quantitative estimate of drug-likeness (QED) is 0.806. The van der Waals surface area contributed by atoms with Gasteiger partial charge in [0, 0.05) is 17.3 Å². The molecule has 2 aromatic carbocycles. The van der Waals surface area contributed by atoms with E-state index in [-0.39, 0.29) is 11.5 Å². The Morgan fingerprint density at radius 1 is 1.00 bits per heavy atom. The summed E-state index contributed by atoms with van der Waals surface area (Å²) in [5, 5.41) is 4.31. The average Bonchev–Trinajstić information content (AvgIpc) is 2.56. The Morgan fingerprint density at radius 2 is 1.68 bits per heavy atom. The molecule has 0 radical (unpaired) electrons. The molecule has 4 heteroatoms. The van der Waals surface area contributed by atoms with Crippen molar-refractivity contribution in [3.63, 3.8) is 0 Å². The number of benzene rings is 2. The SMILES string of the molecule is CC(C(=O)Nc1ccccc1)n1ccc2ccccc2c1=O. The molecule has 1 N–H and O–H groups in total. The summed E-state index contributed by atoms with van der Waals surface area (Å²) in [6.07, 6.45) is 1.67. The van der Waals surface area contributed by atoms with Crippen molar-refractivity contribution in [1.82, 2.24) is 4.57 Å². The van der Waals surface area contributed by atoms with Crippen LogP contribution in [0.4, 0.5) is 5.69 Å². The summed E-state index contributed by atoms with van der Waals surface area (Å²) in [7, 11) is 0. The molecule has 1 amide bonds. The van der Waals surface area contributed by atoms with Crippen molar-refractivity contribution in [2.45, 2.75) is 13.0 Å². The summed E-state index contributed by atoms with van der Waals surface area (Å²) < 4.78 is 1.46. The Hall–Kier alpha value is -2.88. The Kier molecular flexibility index (Phi) is 3.74. The summed E-state index contributed by atoms with van der Waals surface area (Å²) in [5.41, 5.74) is 0.557. The molecule has 0 spiro atoms. The number of amides is 1. The van der Waals surface area contributed by atoms with E-state index in [2.05, 4.69) is 5.32 Å². The molecule has 0 aliphatic rings. The number of para-hydroxylation sites is 1. The average molecular weight is 292 g/mol. The molecule has 1 atom stereocenters. The predicted octanol–water partition coefficient (Wildman–Crippen LogP) is 3.20. The second-order valence-electron chi connectivity index (χ2n) is 5.15. The highest BCUT2D eigenvalue weighted by molar-refractivity contribution is 5.93. The van der Waals surface area contributed by atoms with E-state index >= 15 is 0 Å². The van der Waals surface area contributed by atoms with Gasteiger partial charge in [-0.15, -0.1) is 0 Å². The molecule has 1 aromatic heterocycles. The highest BCUT2D eigenvalue weighted by atomic mass is 16.2. The van der Waals surface area contributed by atoms with E-state index in [1.165, 1.54) is 4.57 Å². The van der Waals surface area contributed by atoms with Gasteiger partial charge >= 0.3 is 0 Å². The summed E-state index contributed by atoms with van der Waals surface area (Å²) in [6, 6.07) is 17.8. The fraction of sp³-hybridized carbons (Fsp3) is 0.111. The third kappa shape index (κ3) is 2.63. The molecule has 22 heavy (non-hydrogen) atoms. The second-order valence-corrected chi connectivity index (χ2v) is 5.15. The van der Waals surface area contributed by atoms with Gasteiger partial charge in [0.05, 0.1) is 0 Å². The molecule has 3 rings (SSSR count). The largest absolute Gasteiger partial charge is 0.324 e. The molecule has 0 aliphatic carbocycles. The van der Waals surface area contributed by atoms with Crippen LogP contribution in [0.5, 0.6) is 0 Å². The topological polar surface area (TPSA) is 51.1 Å². The normalized spacial score (nSPS) is 12.0. The van der Waals surface area contributed by atoms with Gasteiger partial charge in [0.25, 0.3) is 5.56 Å². The van der Waals surface area contributed by atoms with E-state index in [4.69, 9.17) is 0 Å². The molecule has 0 aliphatic heterocycles. The maximum atomic E-state index is 12.5. The van der Waals surface area contributed by atoms with Gasteiger partial charge in [-0.2, -0.15) is 0 Å². The minimum Gasteiger partial charge on any atom is -0.324 e. The lowest BCUT2D eigenvalue weighted by atomic mass is 10.1. The van der Waals surface area contributed by atoms with Crippen LogP contribution in [-0.2, 0) is 4.79 Å². The van der Waals surface area contributed by atoms with E-state index in [1.807, 2.05) is 54.6 Å². The molecule has 4 nitrogen and oxygen atoms in total. The van der Waals surface area contributed by atoms with Crippen LogP contribution in [0.3, 0.4) is 0 Å². The number of anilines is 1. The minimum atomic E-state index is -0.586. The number of carbonyl (C=O) groups excluding carboxylic acids is 1. The van der Waals surface area contributed by atoms with E-state index in [9.17, 15) is 9.59 Å². The molecule has 0 fully saturated rings. The molecule has 0 saturated carbocycles. The van der Waals surface area contributed by atoms with Gasteiger partial charge in [0.1, 0.15) is 6.04 Å². The summed E-state index contributed by atoms with van der Waals surface area (Å²) in [4.78, 5) is 24.8. The number of nitrogens with zero attached hydrogens (tertiary/aromatic N) is 1. The highest BCUT2D eigenvalue weighted by Gasteiger charge is 2.17. The third-order valence-electron chi connectivity index (χ3n) is 3.68. The molecule has 0 bridgehead atoms. The van der Waals surface area contributed by atoms with Gasteiger partial charge in [-0.05, 0) is 36.6 Å². The van der Waals surface area contributed by atoms with Crippen molar-refractivity contribution < 1.29 is 4.79 Å². The molecule has 1 unspecified atom stereocenters. The van der Waals surface area contributed by atoms with E-state index < -0.39 is 6.04 Å². The predicted molar refractivity (Wildman–Crippen MR) is 88.0 cm³/mol. The van der Waals surface area contributed by atoms with E-state index in [0.717, 1.165) is 5.39 Å². The van der Waals surface area contributed by atoms with Crippen LogP contribution in [0.1, 0.15) is 13.0 Å². The Morgan fingerprint density at radius 3 is 2.45 bits per heavy atom. The van der Waals surface area contributed by atoms with E-state index in [1.54, 1.807) is 19.2 Å². The number of aromatic nitrogens is 1. The number of rotatable bonds is 3. The number of fused-ring (bicyclic) bond motifs is 1. The van der Waals surface area contributed by atoms with Crippen LogP contribution in [0.25, 0.3) is 10.8 Å². The van der Waals surface area contributed by atoms with Crippen LogP contribution in [0.15, 0.2) is 71.7 Å². The van der Waals surface area contributed by atoms with E-state index in [0.29, 0.717) is 11.1 Å². The molecule has 1 heterocycles. The van der Waals surface area contributed by atoms with Gasteiger partial charge in [-0.1, -0.05) is 36.4 Å². The van der Waals surface area contributed by atoms with Crippen LogP contribution >= 0.6 is 0 Å². The number of nitrogens with one attached hydrogen (secondary N) is 1. The monoisotopic (exact) mass is 292 g/mol. The second kappa shape index (κ2) is 5.85. The first-order valence-corrected chi connectivity index (χ1v) is 7.12. The first kappa shape index (κ1) is 14.1. The number of hydrogen-bond acceptors (Lipinski definition) is 2. The smallest absolute Gasteiger partial charge is 0.259 e. The van der Waals surface area contributed by atoms with Crippen molar-refractivity contribution >= 4 is 22.4 Å². The fourth-order valence-electron chi connectivity index (χ4n) is 2.40. The van der Waals surface area contributed by atoms with Gasteiger partial charge in [0.15, 0.2) is 0 Å². The summed E-state index contributed by atoms with van der Waals surface area (Å²) in [6.45, 7) is 1.72. The van der Waals surface area contributed by atoms with Crippen molar-refractivity contribution in [2.75, 3.05) is 5.32 Å². The van der Waals surface area contributed by atoms with Crippen molar-refractivity contribution in [2.24, 2.45) is 0 Å². The third-order valence-corrected chi connectivity index (χ3v) is 3.68. The zero-order valence-electron chi connectivity index (χ0n) is 12.2. The lowest BCUT2D eigenvalue weighted by Gasteiger charge is -2.15. The highest BCUT2D eigenvalue weighted by Crippen LogP contribution is 2.13. The number of hydrogen-bond donors (Lipinski definition) is 1. The molecular weight excluding hydrogens is 276 g/mol. The van der Waals surface area contributed by atoms with Crippen LogP contribution in [-0.4, -0.2) is 10.5 Å². The molecule has 0 saturated heterocycles. The van der Waals surface area contributed by atoms with Gasteiger partial charge < -0.3 is 9.88 Å². The van der Waals surface area contributed by atoms with Crippen molar-refractivity contribution in [3.8, 4) is 0 Å². The first-order valence-electron chi connectivity index (χ1n) is 7.12. The summed E-state index contributed by atoms with van der Waals surface area (Å²) >= 11 is 0. The maximum absolute atomic E-state index is 12.5. The summed E-state index contributed by atoms with van der Waals surface area (Å²) in [5.74, 6) is -0.219. The zero-order chi connectivity index (χ0) is 15.5. The maximum Gasteiger partial charge on any atom is 0.259 e. The molecular formula is C18H16N2O2. The lowest BCUT2D eigenvalue weighted by molar-refractivity contribution is -0.118. The Labute approximate surface area is 128 Å². The van der Waals surface area contributed by atoms with Crippen molar-refractivity contribution in [1.29, 1.82) is 0 Å². The standard InChI is InChI=1S/C18H16N2O2/c1-13(17(21)19-15-8-3-2-4-9-15)20-12-11-14-7-5-6-10-16(14)18(20)22/h2-13H,1H3,(H,19,21). The molecule has 110 valence electrons. The van der Waals surface area contributed by atoms with Gasteiger partial charge in [-0.25, -0.2) is 0 Å². The van der Waals surface area contributed by atoms with Crippen LogP contribution < -0.4 is 10.9 Å². The van der Waals surface area contributed by atoms with Crippen LogP contribution in [0.2, 0.25) is 0 Å². The number of carbonyl (C=O) groups is 1. The fourth-order valence-corrected chi connectivity index (χ4v) is 2.40. The first-order chi connectivity index (χ1) is 10.7. The zero-order valence-corrected chi connectivity index (χ0v) is 12.2.